The maximum absolute atomic E-state index is 11.8. The first-order valence-corrected chi connectivity index (χ1v) is 6.29. The van der Waals surface area contributed by atoms with Crippen molar-refractivity contribution < 1.29 is 19.1 Å². The van der Waals surface area contributed by atoms with Gasteiger partial charge in [-0.25, -0.2) is 4.79 Å². The normalized spacial score (nSPS) is 14.3. The molecule has 0 aliphatic carbocycles. The number of esters is 1. The molecule has 19 heavy (non-hydrogen) atoms. The third kappa shape index (κ3) is 3.47. The minimum absolute atomic E-state index is 0.131. The van der Waals surface area contributed by atoms with Crippen LogP contribution in [0.5, 0.6) is 5.75 Å². The number of rotatable bonds is 4. The first-order valence-electron chi connectivity index (χ1n) is 6.29. The Labute approximate surface area is 112 Å². The maximum atomic E-state index is 11.8. The van der Waals surface area contributed by atoms with E-state index in [1.165, 1.54) is 7.11 Å². The third-order valence-corrected chi connectivity index (χ3v) is 3.09. The lowest BCUT2D eigenvalue weighted by atomic mass is 10.2. The Morgan fingerprint density at radius 2 is 2.00 bits per heavy atom. The van der Waals surface area contributed by atoms with Crippen LogP contribution in [0.25, 0.3) is 0 Å². The van der Waals surface area contributed by atoms with Gasteiger partial charge < -0.3 is 14.4 Å². The van der Waals surface area contributed by atoms with Crippen LogP contribution in [0.2, 0.25) is 0 Å². The van der Waals surface area contributed by atoms with E-state index in [4.69, 9.17) is 9.47 Å². The molecule has 2 rings (SSSR count). The summed E-state index contributed by atoms with van der Waals surface area (Å²) in [6.07, 6.45) is 2.05. The third-order valence-electron chi connectivity index (χ3n) is 3.09. The summed E-state index contributed by atoms with van der Waals surface area (Å²) in [5, 5.41) is 0. The highest BCUT2D eigenvalue weighted by molar-refractivity contribution is 5.91. The summed E-state index contributed by atoms with van der Waals surface area (Å²) in [5.74, 6) is -0.0551. The molecule has 0 unspecified atom stereocenters. The van der Waals surface area contributed by atoms with Crippen molar-refractivity contribution >= 4 is 11.9 Å². The first-order chi connectivity index (χ1) is 9.20. The number of ether oxygens (including phenoxy) is 2. The lowest BCUT2D eigenvalue weighted by Crippen LogP contribution is -2.32. The Hall–Kier alpha value is -2.04. The van der Waals surface area contributed by atoms with Crippen LogP contribution in [-0.4, -0.2) is 43.6 Å². The second-order valence-electron chi connectivity index (χ2n) is 4.40. The van der Waals surface area contributed by atoms with E-state index >= 15 is 0 Å². The quantitative estimate of drug-likeness (QED) is 0.772. The van der Waals surface area contributed by atoms with E-state index in [0.29, 0.717) is 11.3 Å². The topological polar surface area (TPSA) is 55.8 Å². The van der Waals surface area contributed by atoms with Crippen molar-refractivity contribution in [1.82, 2.24) is 4.90 Å². The first kappa shape index (κ1) is 13.4. The molecule has 1 aromatic rings. The van der Waals surface area contributed by atoms with Crippen LogP contribution in [0.1, 0.15) is 23.2 Å². The fraction of sp³-hybridized carbons (Fsp3) is 0.429. The number of hydrogen-bond acceptors (Lipinski definition) is 4. The Morgan fingerprint density at radius 1 is 1.26 bits per heavy atom. The molecule has 1 heterocycles. The fourth-order valence-electron chi connectivity index (χ4n) is 2.02. The summed E-state index contributed by atoms with van der Waals surface area (Å²) in [7, 11) is 1.53. The fourth-order valence-corrected chi connectivity index (χ4v) is 2.02. The molecule has 1 fully saturated rings. The van der Waals surface area contributed by atoms with Crippen molar-refractivity contribution in [3.8, 4) is 5.75 Å². The van der Waals surface area contributed by atoms with Gasteiger partial charge in [-0.2, -0.15) is 0 Å². The van der Waals surface area contributed by atoms with Crippen LogP contribution in [0.3, 0.4) is 0 Å². The Bertz CT molecular complexity index is 466. The van der Waals surface area contributed by atoms with Crippen molar-refractivity contribution in [2.45, 2.75) is 12.8 Å². The lowest BCUT2D eigenvalue weighted by Gasteiger charge is -2.14. The van der Waals surface area contributed by atoms with Gasteiger partial charge in [0.25, 0.3) is 5.91 Å². The molecule has 0 spiro atoms. The molecule has 1 aliphatic rings. The molecular formula is C14H17NO4. The molecule has 0 aromatic heterocycles. The Balaban J connectivity index is 1.88. The number of methoxy groups -OCH3 is 1. The molecule has 1 aromatic carbocycles. The second kappa shape index (κ2) is 6.22. The molecular weight excluding hydrogens is 246 g/mol. The van der Waals surface area contributed by atoms with Gasteiger partial charge in [-0.1, -0.05) is 6.07 Å². The molecule has 102 valence electrons. The summed E-state index contributed by atoms with van der Waals surface area (Å²) >= 11 is 0. The summed E-state index contributed by atoms with van der Waals surface area (Å²) < 4.78 is 10.0. The minimum Gasteiger partial charge on any atom is -0.497 e. The van der Waals surface area contributed by atoms with Gasteiger partial charge in [0.2, 0.25) is 0 Å². The molecule has 0 saturated carbocycles. The summed E-state index contributed by atoms with van der Waals surface area (Å²) in [6, 6.07) is 6.66. The zero-order chi connectivity index (χ0) is 13.7. The van der Waals surface area contributed by atoms with Crippen molar-refractivity contribution in [3.63, 3.8) is 0 Å². The van der Waals surface area contributed by atoms with Crippen molar-refractivity contribution in [3.05, 3.63) is 29.8 Å². The van der Waals surface area contributed by atoms with Crippen molar-refractivity contribution in [1.29, 1.82) is 0 Å². The van der Waals surface area contributed by atoms with Crippen LogP contribution >= 0.6 is 0 Å². The number of nitrogens with zero attached hydrogens (tertiary/aromatic N) is 1. The average Bonchev–Trinajstić information content (AvgIpc) is 2.98. The van der Waals surface area contributed by atoms with Crippen LogP contribution in [0.15, 0.2) is 24.3 Å². The molecule has 0 atom stereocenters. The number of hydrogen-bond donors (Lipinski definition) is 0. The standard InChI is InChI=1S/C14H17NO4/c1-18-12-6-4-5-11(9-12)14(17)19-10-13(16)15-7-2-3-8-15/h4-6,9H,2-3,7-8,10H2,1H3. The zero-order valence-corrected chi connectivity index (χ0v) is 10.9. The number of carbonyl (C=O) groups excluding carboxylic acids is 2. The highest BCUT2D eigenvalue weighted by atomic mass is 16.5. The predicted octanol–water partition coefficient (Wildman–Crippen LogP) is 1.47. The highest BCUT2D eigenvalue weighted by Crippen LogP contribution is 2.13. The van der Waals surface area contributed by atoms with Crippen molar-refractivity contribution in [2.24, 2.45) is 0 Å². The zero-order valence-electron chi connectivity index (χ0n) is 10.9. The van der Waals surface area contributed by atoms with Gasteiger partial charge >= 0.3 is 5.97 Å². The average molecular weight is 263 g/mol. The van der Waals surface area contributed by atoms with Gasteiger partial charge in [-0.3, -0.25) is 4.79 Å². The van der Waals surface area contributed by atoms with Gasteiger partial charge in [0, 0.05) is 13.1 Å². The highest BCUT2D eigenvalue weighted by Gasteiger charge is 2.19. The van der Waals surface area contributed by atoms with Crippen molar-refractivity contribution in [2.75, 3.05) is 26.8 Å². The second-order valence-corrected chi connectivity index (χ2v) is 4.40. The van der Waals surface area contributed by atoms with E-state index in [9.17, 15) is 9.59 Å². The number of benzene rings is 1. The number of amides is 1. The number of likely N-dealkylation sites (tertiary alicyclic amines) is 1. The summed E-state index contributed by atoms with van der Waals surface area (Å²) in [6.45, 7) is 1.32. The van der Waals surface area contributed by atoms with Crippen LogP contribution in [0.4, 0.5) is 0 Å². The monoisotopic (exact) mass is 263 g/mol. The molecule has 1 amide bonds. The van der Waals surface area contributed by atoms with Gasteiger partial charge in [-0.15, -0.1) is 0 Å². The molecule has 1 aliphatic heterocycles. The lowest BCUT2D eigenvalue weighted by molar-refractivity contribution is -0.133. The van der Waals surface area contributed by atoms with Gasteiger partial charge in [0.1, 0.15) is 5.75 Å². The van der Waals surface area contributed by atoms with Crippen LogP contribution < -0.4 is 4.74 Å². The van der Waals surface area contributed by atoms with Gasteiger partial charge in [0.15, 0.2) is 6.61 Å². The van der Waals surface area contributed by atoms with E-state index in [-0.39, 0.29) is 12.5 Å². The van der Waals surface area contributed by atoms with E-state index in [2.05, 4.69) is 0 Å². The predicted molar refractivity (Wildman–Crippen MR) is 69.1 cm³/mol. The molecule has 5 nitrogen and oxygen atoms in total. The van der Waals surface area contributed by atoms with E-state index in [1.54, 1.807) is 29.2 Å². The van der Waals surface area contributed by atoms with E-state index in [0.717, 1.165) is 25.9 Å². The smallest absolute Gasteiger partial charge is 0.338 e. The van der Waals surface area contributed by atoms with Gasteiger partial charge in [0.05, 0.1) is 12.7 Å². The Kier molecular flexibility index (Phi) is 4.39. The summed E-state index contributed by atoms with van der Waals surface area (Å²) in [4.78, 5) is 25.2. The van der Waals surface area contributed by atoms with Gasteiger partial charge in [-0.05, 0) is 31.0 Å². The summed E-state index contributed by atoms with van der Waals surface area (Å²) in [5.41, 5.74) is 0.383. The minimum atomic E-state index is -0.508. The molecule has 5 heteroatoms. The molecule has 0 radical (unpaired) electrons. The van der Waals surface area contributed by atoms with Crippen LogP contribution in [0, 0.1) is 0 Å². The Morgan fingerprint density at radius 3 is 2.68 bits per heavy atom. The maximum Gasteiger partial charge on any atom is 0.338 e. The molecule has 1 saturated heterocycles. The largest absolute Gasteiger partial charge is 0.497 e. The molecule has 0 bridgehead atoms. The number of carbonyl (C=O) groups is 2. The van der Waals surface area contributed by atoms with E-state index in [1.807, 2.05) is 0 Å². The molecule has 0 N–H and O–H groups in total. The van der Waals surface area contributed by atoms with Crippen LogP contribution in [-0.2, 0) is 9.53 Å². The van der Waals surface area contributed by atoms with E-state index < -0.39 is 5.97 Å². The SMILES string of the molecule is COc1cccc(C(=O)OCC(=O)N2CCCC2)c1.